The number of carbonyl (C=O) groups excluding carboxylic acids is 5. The lowest BCUT2D eigenvalue weighted by Crippen LogP contribution is -2.74. The summed E-state index contributed by atoms with van der Waals surface area (Å²) in [4.78, 5) is 69.2. The Kier molecular flexibility index (Phi) is 7.32. The normalized spacial score (nSPS) is 30.9. The van der Waals surface area contributed by atoms with Crippen LogP contribution in [0.15, 0.2) is 6.07 Å². The number of primary amides is 1. The number of hydrogen-bond donors (Lipinski definition) is 3. The highest BCUT2D eigenvalue weighted by Gasteiger charge is 2.69. The summed E-state index contributed by atoms with van der Waals surface area (Å²) in [6.45, 7) is 5.53. The topological polar surface area (TPSA) is 158 Å². The largest absolute Gasteiger partial charge is 0.507 e. The second-order valence-corrected chi connectivity index (χ2v) is 10.9. The number of rotatable bonds is 7. The van der Waals surface area contributed by atoms with E-state index in [4.69, 9.17) is 5.73 Å². The zero-order valence-corrected chi connectivity index (χ0v) is 22.0. The number of nitrogens with zero attached hydrogens (tertiary/aromatic N) is 2. The SMILES string of the molecule is CCCN(CC)Cc1cc(O)c2c(c1F)C[C@H]1C[C@H]3[C@H](N(C)C)C(=O)C(C(N)=O)C(=O)[C@@]3(O)C(=O)C1C2=O. The molecule has 0 heterocycles. The Morgan fingerprint density at radius 2 is 1.84 bits per heavy atom. The van der Waals surface area contributed by atoms with Crippen LogP contribution >= 0.6 is 0 Å². The van der Waals surface area contributed by atoms with Crippen molar-refractivity contribution in [2.24, 2.45) is 29.4 Å². The van der Waals surface area contributed by atoms with Crippen molar-refractivity contribution in [3.05, 3.63) is 28.6 Å². The number of nitrogens with two attached hydrogens (primary N) is 1. The number of Topliss-reactive ketones (excluding diaryl/α,β-unsaturated/α-hetero) is 4. The number of aliphatic hydroxyl groups is 1. The molecule has 10 nitrogen and oxygen atoms in total. The van der Waals surface area contributed by atoms with E-state index in [0.717, 1.165) is 6.42 Å². The van der Waals surface area contributed by atoms with Crippen molar-refractivity contribution in [2.75, 3.05) is 27.2 Å². The molecule has 2 saturated carbocycles. The fourth-order valence-corrected chi connectivity index (χ4v) is 6.73. The summed E-state index contributed by atoms with van der Waals surface area (Å²) in [6, 6.07) is -0.0149. The van der Waals surface area contributed by atoms with E-state index in [0.29, 0.717) is 13.1 Å². The molecule has 3 aliphatic carbocycles. The molecule has 0 radical (unpaired) electrons. The number of ketones is 4. The summed E-state index contributed by atoms with van der Waals surface area (Å²) in [5.41, 5.74) is 2.38. The quantitative estimate of drug-likeness (QED) is 0.419. The van der Waals surface area contributed by atoms with E-state index >= 15 is 4.39 Å². The minimum Gasteiger partial charge on any atom is -0.507 e. The fourth-order valence-electron chi connectivity index (χ4n) is 6.73. The Hall–Kier alpha value is -3.02. The van der Waals surface area contributed by atoms with Gasteiger partial charge in [0.2, 0.25) is 5.91 Å². The molecule has 4 rings (SSSR count). The van der Waals surface area contributed by atoms with E-state index in [2.05, 4.69) is 0 Å². The molecule has 2 unspecified atom stereocenters. The van der Waals surface area contributed by atoms with Gasteiger partial charge in [-0.25, -0.2) is 4.39 Å². The second-order valence-electron chi connectivity index (χ2n) is 10.9. The van der Waals surface area contributed by atoms with Gasteiger partial charge in [-0.05, 0) is 58.4 Å². The molecule has 1 aromatic rings. The Morgan fingerprint density at radius 3 is 2.39 bits per heavy atom. The molecule has 11 heteroatoms. The molecule has 0 bridgehead atoms. The molecule has 0 aliphatic heterocycles. The van der Waals surface area contributed by atoms with Crippen molar-refractivity contribution in [3.8, 4) is 5.75 Å². The third-order valence-electron chi connectivity index (χ3n) is 8.45. The Bertz CT molecular complexity index is 1230. The smallest absolute Gasteiger partial charge is 0.235 e. The highest BCUT2D eigenvalue weighted by Crippen LogP contribution is 2.51. The van der Waals surface area contributed by atoms with Gasteiger partial charge in [0.25, 0.3) is 0 Å². The Balaban J connectivity index is 1.81. The van der Waals surface area contributed by atoms with Gasteiger partial charge in [0.05, 0.1) is 17.5 Å². The van der Waals surface area contributed by atoms with Gasteiger partial charge in [0.15, 0.2) is 34.7 Å². The van der Waals surface area contributed by atoms with E-state index in [1.54, 1.807) is 0 Å². The number of likely N-dealkylation sites (N-methyl/N-ethyl adjacent to an activating group) is 1. The molecule has 206 valence electrons. The number of amides is 1. The summed E-state index contributed by atoms with van der Waals surface area (Å²) in [7, 11) is 3.02. The van der Waals surface area contributed by atoms with E-state index in [1.807, 2.05) is 18.7 Å². The molecular weight excluding hydrogens is 497 g/mol. The molecule has 3 aliphatic rings. The summed E-state index contributed by atoms with van der Waals surface area (Å²) >= 11 is 0. The van der Waals surface area contributed by atoms with Crippen LogP contribution < -0.4 is 5.73 Å². The van der Waals surface area contributed by atoms with Gasteiger partial charge >= 0.3 is 0 Å². The Labute approximate surface area is 219 Å². The molecule has 2 fully saturated rings. The number of phenolic OH excluding ortho intramolecular Hbond substituents is 1. The molecule has 38 heavy (non-hydrogen) atoms. The van der Waals surface area contributed by atoms with E-state index in [1.165, 1.54) is 25.1 Å². The van der Waals surface area contributed by atoms with Gasteiger partial charge in [-0.1, -0.05) is 13.8 Å². The van der Waals surface area contributed by atoms with Gasteiger partial charge in [0.1, 0.15) is 11.6 Å². The number of benzene rings is 1. The van der Waals surface area contributed by atoms with E-state index < -0.39 is 75.9 Å². The summed E-state index contributed by atoms with van der Waals surface area (Å²) in [6.07, 6.45) is 0.631. The van der Waals surface area contributed by atoms with Crippen LogP contribution in [0.5, 0.6) is 5.75 Å². The fraction of sp³-hybridized carbons (Fsp3) is 0.593. The minimum atomic E-state index is -2.80. The van der Waals surface area contributed by atoms with Gasteiger partial charge < -0.3 is 15.9 Å². The molecular formula is C27H34FN3O7. The Morgan fingerprint density at radius 1 is 1.18 bits per heavy atom. The average Bonchev–Trinajstić information content (AvgIpc) is 2.83. The van der Waals surface area contributed by atoms with Crippen LogP contribution in [-0.2, 0) is 32.1 Å². The van der Waals surface area contributed by atoms with Crippen molar-refractivity contribution >= 4 is 29.0 Å². The predicted octanol–water partition coefficient (Wildman–Crippen LogP) is 0.238. The number of aromatic hydroxyl groups is 1. The van der Waals surface area contributed by atoms with Crippen molar-refractivity contribution in [1.82, 2.24) is 9.80 Å². The number of hydrogen-bond acceptors (Lipinski definition) is 9. The molecule has 4 N–H and O–H groups in total. The highest BCUT2D eigenvalue weighted by atomic mass is 19.1. The zero-order valence-electron chi connectivity index (χ0n) is 22.0. The maximum atomic E-state index is 15.8. The number of phenols is 1. The second kappa shape index (κ2) is 9.94. The monoisotopic (exact) mass is 531 g/mol. The molecule has 1 amide bonds. The summed E-state index contributed by atoms with van der Waals surface area (Å²) in [5, 5.41) is 22.3. The summed E-state index contributed by atoms with van der Waals surface area (Å²) < 4.78 is 15.8. The number of carbonyl (C=O) groups is 5. The van der Waals surface area contributed by atoms with Crippen molar-refractivity contribution in [3.63, 3.8) is 0 Å². The molecule has 0 saturated heterocycles. The molecule has 0 aromatic heterocycles. The summed E-state index contributed by atoms with van der Waals surface area (Å²) in [5.74, 6) is -12.2. The van der Waals surface area contributed by atoms with Crippen LogP contribution in [-0.4, -0.2) is 87.9 Å². The van der Waals surface area contributed by atoms with Gasteiger partial charge in [-0.15, -0.1) is 0 Å². The molecule has 1 aromatic carbocycles. The van der Waals surface area contributed by atoms with Gasteiger partial charge in [0, 0.05) is 23.6 Å². The van der Waals surface area contributed by atoms with Crippen LogP contribution in [0, 0.1) is 29.5 Å². The number of fused-ring (bicyclic) bond motifs is 3. The zero-order chi connectivity index (χ0) is 28.3. The van der Waals surface area contributed by atoms with Gasteiger partial charge in [-0.3, -0.25) is 33.8 Å². The van der Waals surface area contributed by atoms with Crippen LogP contribution in [0.4, 0.5) is 4.39 Å². The maximum absolute atomic E-state index is 15.8. The lowest BCUT2D eigenvalue weighted by Gasteiger charge is -2.52. The van der Waals surface area contributed by atoms with Crippen LogP contribution in [0.25, 0.3) is 0 Å². The van der Waals surface area contributed by atoms with Crippen molar-refractivity contribution in [1.29, 1.82) is 0 Å². The van der Waals surface area contributed by atoms with Gasteiger partial charge in [-0.2, -0.15) is 0 Å². The van der Waals surface area contributed by atoms with Crippen LogP contribution in [0.2, 0.25) is 0 Å². The highest BCUT2D eigenvalue weighted by molar-refractivity contribution is 6.32. The first-order valence-corrected chi connectivity index (χ1v) is 12.9. The predicted molar refractivity (Wildman–Crippen MR) is 133 cm³/mol. The first kappa shape index (κ1) is 28.0. The van der Waals surface area contributed by atoms with E-state index in [-0.39, 0.29) is 36.1 Å². The van der Waals surface area contributed by atoms with Crippen molar-refractivity contribution in [2.45, 2.75) is 51.3 Å². The van der Waals surface area contributed by atoms with E-state index in [9.17, 15) is 34.2 Å². The van der Waals surface area contributed by atoms with Crippen LogP contribution in [0.1, 0.15) is 48.2 Å². The average molecular weight is 532 g/mol. The number of halogens is 1. The first-order valence-electron chi connectivity index (χ1n) is 12.9. The molecule has 0 spiro atoms. The minimum absolute atomic E-state index is 0.0121. The van der Waals surface area contributed by atoms with Crippen LogP contribution in [0.3, 0.4) is 0 Å². The lowest BCUT2D eigenvalue weighted by atomic mass is 9.52. The van der Waals surface area contributed by atoms with Crippen molar-refractivity contribution < 1.29 is 38.6 Å². The lowest BCUT2D eigenvalue weighted by molar-refractivity contribution is -0.181. The maximum Gasteiger partial charge on any atom is 0.235 e. The molecule has 6 atom stereocenters. The third kappa shape index (κ3) is 3.99. The third-order valence-corrected chi connectivity index (χ3v) is 8.45. The first-order chi connectivity index (χ1) is 17.8. The standard InChI is InChI=1S/C27H34FN3O7/c1-5-7-31(6-2)11-13-10-16(32)18-14(20(13)28)8-12-9-15-21(30(3)4)23(34)19(26(29)37)25(36)27(15,38)24(35)17(12)22(18)33/h10,12,15,17,19,21,32,38H,5-9,11H2,1-4H3,(H2,29,37)/t12-,15-,17?,19?,21-,27-/m0/s1.